The quantitative estimate of drug-likeness (QED) is 0.282. The van der Waals surface area contributed by atoms with Crippen LogP contribution in [0, 0.1) is 6.92 Å². The summed E-state index contributed by atoms with van der Waals surface area (Å²) < 4.78 is 34.1. The average Bonchev–Trinajstić information content (AvgIpc) is 3.55. The van der Waals surface area contributed by atoms with Crippen LogP contribution >= 0.6 is 0 Å². The monoisotopic (exact) mass is 538 g/mol. The predicted molar refractivity (Wildman–Crippen MR) is 145 cm³/mol. The van der Waals surface area contributed by atoms with Crippen molar-refractivity contribution in [3.05, 3.63) is 71.2 Å². The summed E-state index contributed by atoms with van der Waals surface area (Å²) in [6.07, 6.45) is 2.83. The largest absolute Gasteiger partial charge is 0.496 e. The fourth-order valence-corrected chi connectivity index (χ4v) is 5.43. The number of halogens is 2. The molecule has 2 aromatic carbocycles. The summed E-state index contributed by atoms with van der Waals surface area (Å²) in [6.45, 7) is 3.70. The van der Waals surface area contributed by atoms with Gasteiger partial charge in [-0.2, -0.15) is 5.10 Å². The fraction of sp³-hybridized carbons (Fsp3) is 0.357. The molecular formula is C28H32F2N6O3. The van der Waals surface area contributed by atoms with Crippen molar-refractivity contribution >= 4 is 28.2 Å². The summed E-state index contributed by atoms with van der Waals surface area (Å²) in [6, 6.07) is 8.93. The number of aryl methyl sites for hydroxylation is 2. The lowest BCUT2D eigenvalue weighted by molar-refractivity contribution is 0.0246. The number of hydrogen-bond acceptors (Lipinski definition) is 6. The van der Waals surface area contributed by atoms with Crippen molar-refractivity contribution in [2.45, 2.75) is 25.9 Å². The molecule has 11 heteroatoms. The van der Waals surface area contributed by atoms with Crippen molar-refractivity contribution in [1.82, 2.24) is 24.6 Å². The summed E-state index contributed by atoms with van der Waals surface area (Å²) in [4.78, 5) is 19.3. The average molecular weight is 539 g/mol. The molecule has 0 spiro atoms. The highest BCUT2D eigenvalue weighted by Crippen LogP contribution is 2.36. The van der Waals surface area contributed by atoms with Crippen LogP contribution in [0.3, 0.4) is 0 Å². The van der Waals surface area contributed by atoms with E-state index in [4.69, 9.17) is 4.74 Å². The lowest BCUT2D eigenvalue weighted by Gasteiger charge is -2.42. The number of carbonyl (C=O) groups is 1. The third-order valence-electron chi connectivity index (χ3n) is 7.31. The number of piperazine rings is 1. The van der Waals surface area contributed by atoms with Crippen LogP contribution in [0.25, 0.3) is 10.9 Å². The van der Waals surface area contributed by atoms with Gasteiger partial charge in [0.2, 0.25) is 0 Å². The number of fused-ring (bicyclic) bond motifs is 1. The first-order valence-electron chi connectivity index (χ1n) is 12.7. The number of rotatable bonds is 9. The maximum absolute atomic E-state index is 13.4. The van der Waals surface area contributed by atoms with E-state index < -0.39 is 12.4 Å². The van der Waals surface area contributed by atoms with Gasteiger partial charge in [0.15, 0.2) is 0 Å². The number of H-pyrrole nitrogens is 1. The van der Waals surface area contributed by atoms with Gasteiger partial charge in [-0.3, -0.25) is 14.5 Å². The zero-order valence-electron chi connectivity index (χ0n) is 22.1. The van der Waals surface area contributed by atoms with Gasteiger partial charge in [-0.1, -0.05) is 6.07 Å². The van der Waals surface area contributed by atoms with Crippen molar-refractivity contribution in [1.29, 1.82) is 0 Å². The molecule has 4 aromatic rings. The first-order chi connectivity index (χ1) is 18.7. The number of alkyl halides is 2. The molecule has 3 N–H and O–H groups in total. The van der Waals surface area contributed by atoms with Gasteiger partial charge < -0.3 is 20.1 Å². The number of benzene rings is 2. The van der Waals surface area contributed by atoms with E-state index >= 15 is 0 Å². The van der Waals surface area contributed by atoms with Gasteiger partial charge in [-0.25, -0.2) is 13.6 Å². The normalized spacial score (nSPS) is 16.7. The molecule has 206 valence electrons. The number of nitrogens with zero attached hydrogens (tertiary/aromatic N) is 4. The second-order valence-corrected chi connectivity index (χ2v) is 9.92. The van der Waals surface area contributed by atoms with Crippen molar-refractivity contribution in [2.75, 3.05) is 38.6 Å². The van der Waals surface area contributed by atoms with Crippen LogP contribution in [0.15, 0.2) is 48.9 Å². The minimum Gasteiger partial charge on any atom is -0.496 e. The molecule has 1 aliphatic heterocycles. The van der Waals surface area contributed by atoms with Gasteiger partial charge in [-0.15, -0.1) is 0 Å². The first-order valence-corrected chi connectivity index (χ1v) is 12.7. The third-order valence-corrected chi connectivity index (χ3v) is 7.31. The van der Waals surface area contributed by atoms with Crippen LogP contribution in [-0.2, 0) is 13.6 Å². The molecular weight excluding hydrogens is 506 g/mol. The van der Waals surface area contributed by atoms with Gasteiger partial charge >= 0.3 is 5.97 Å². The molecule has 0 amide bonds. The minimum atomic E-state index is -2.44. The van der Waals surface area contributed by atoms with Crippen LogP contribution in [0.5, 0.6) is 5.75 Å². The van der Waals surface area contributed by atoms with Gasteiger partial charge in [0, 0.05) is 68.1 Å². The first kappa shape index (κ1) is 26.6. The van der Waals surface area contributed by atoms with Gasteiger partial charge in [-0.05, 0) is 42.3 Å². The lowest BCUT2D eigenvalue weighted by Crippen LogP contribution is -2.49. The van der Waals surface area contributed by atoms with Gasteiger partial charge in [0.05, 0.1) is 36.8 Å². The van der Waals surface area contributed by atoms with Crippen molar-refractivity contribution in [2.24, 2.45) is 7.05 Å². The number of methoxy groups -OCH3 is 1. The third kappa shape index (κ3) is 5.59. The lowest BCUT2D eigenvalue weighted by atomic mass is 9.97. The summed E-state index contributed by atoms with van der Waals surface area (Å²) in [7, 11) is 3.42. The van der Waals surface area contributed by atoms with E-state index in [0.717, 1.165) is 33.3 Å². The Kier molecular flexibility index (Phi) is 7.53. The number of nitrogens with one attached hydrogen (secondary N) is 2. The smallest absolute Gasteiger partial charge is 0.337 e. The molecule has 1 atom stereocenters. The van der Waals surface area contributed by atoms with E-state index in [1.807, 2.05) is 25.3 Å². The second-order valence-electron chi connectivity index (χ2n) is 9.92. The Balaban J connectivity index is 1.53. The minimum absolute atomic E-state index is 0.114. The molecule has 1 fully saturated rings. The molecule has 39 heavy (non-hydrogen) atoms. The topological polar surface area (TPSA) is 98.7 Å². The number of anilines is 2. The highest BCUT2D eigenvalue weighted by atomic mass is 19.3. The SMILES string of the molecule is COc1cc(C)c2[nH]ccc2c1CN1CCN(CC(F)F)C[C@H]1c1ccc(C(=O)O)c(Nc2cnn(C)c2)c1. The molecule has 0 radical (unpaired) electrons. The molecule has 5 rings (SSSR count). The van der Waals surface area contributed by atoms with Crippen LogP contribution < -0.4 is 10.1 Å². The highest BCUT2D eigenvalue weighted by Gasteiger charge is 2.31. The zero-order valence-corrected chi connectivity index (χ0v) is 22.1. The summed E-state index contributed by atoms with van der Waals surface area (Å²) >= 11 is 0. The Morgan fingerprint density at radius 3 is 2.79 bits per heavy atom. The summed E-state index contributed by atoms with van der Waals surface area (Å²) in [5.41, 5.74) is 5.14. The predicted octanol–water partition coefficient (Wildman–Crippen LogP) is 4.78. The Labute approximate surface area is 225 Å². The van der Waals surface area contributed by atoms with E-state index in [2.05, 4.69) is 20.3 Å². The van der Waals surface area contributed by atoms with E-state index in [1.54, 1.807) is 54.3 Å². The number of aromatic amines is 1. The van der Waals surface area contributed by atoms with Crippen molar-refractivity contribution < 1.29 is 23.4 Å². The number of hydrogen-bond donors (Lipinski definition) is 3. The standard InChI is InChI=1S/C28H32F2N6O3/c1-17-10-25(39-3)22(20-6-7-31-27(17)20)14-36-9-8-35(16-26(29)30)15-24(36)18-4-5-21(28(37)38)23(11-18)33-19-12-32-34(2)13-19/h4-7,10-13,24,26,31,33H,8-9,14-16H2,1-3H3,(H,37,38)/t24-/m0/s1. The molecule has 1 aliphatic rings. The number of carboxylic acids is 1. The number of ether oxygens (including phenoxy) is 1. The second kappa shape index (κ2) is 11.0. The highest BCUT2D eigenvalue weighted by molar-refractivity contribution is 5.95. The van der Waals surface area contributed by atoms with E-state index in [1.165, 1.54) is 0 Å². The Hall–Kier alpha value is -3.96. The Bertz CT molecular complexity index is 1480. The van der Waals surface area contributed by atoms with E-state index in [0.29, 0.717) is 37.6 Å². The molecule has 1 saturated heterocycles. The Morgan fingerprint density at radius 2 is 2.10 bits per heavy atom. The van der Waals surface area contributed by atoms with Gasteiger partial charge in [0.25, 0.3) is 6.43 Å². The molecule has 2 aromatic heterocycles. The number of carboxylic acid groups (broad SMARTS) is 1. The Morgan fingerprint density at radius 1 is 1.28 bits per heavy atom. The van der Waals surface area contributed by atoms with E-state index in [9.17, 15) is 18.7 Å². The number of aromatic carboxylic acids is 1. The summed E-state index contributed by atoms with van der Waals surface area (Å²) in [5.74, 6) is -0.291. The van der Waals surface area contributed by atoms with Crippen LogP contribution in [0.1, 0.15) is 33.1 Å². The molecule has 9 nitrogen and oxygen atoms in total. The van der Waals surface area contributed by atoms with Crippen LogP contribution in [0.2, 0.25) is 0 Å². The zero-order chi connectivity index (χ0) is 27.7. The van der Waals surface area contributed by atoms with Gasteiger partial charge in [0.1, 0.15) is 5.75 Å². The maximum atomic E-state index is 13.4. The molecule has 0 saturated carbocycles. The van der Waals surface area contributed by atoms with E-state index in [-0.39, 0.29) is 18.2 Å². The van der Waals surface area contributed by atoms with Crippen LogP contribution in [-0.4, -0.2) is 75.4 Å². The summed E-state index contributed by atoms with van der Waals surface area (Å²) in [5, 5.41) is 18.2. The fourth-order valence-electron chi connectivity index (χ4n) is 5.43. The molecule has 3 heterocycles. The molecule has 0 bridgehead atoms. The maximum Gasteiger partial charge on any atom is 0.337 e. The van der Waals surface area contributed by atoms with Crippen molar-refractivity contribution in [3.63, 3.8) is 0 Å². The molecule has 0 unspecified atom stereocenters. The molecule has 0 aliphatic carbocycles. The number of aromatic nitrogens is 3. The van der Waals surface area contributed by atoms with Crippen LogP contribution in [0.4, 0.5) is 20.2 Å². The van der Waals surface area contributed by atoms with Crippen molar-refractivity contribution in [3.8, 4) is 5.75 Å².